The zero-order chi connectivity index (χ0) is 13.6. The number of nitrogens with zero attached hydrogens (tertiary/aromatic N) is 2. The van der Waals surface area contributed by atoms with Crippen LogP contribution in [0.15, 0.2) is 0 Å². The van der Waals surface area contributed by atoms with Gasteiger partial charge in [-0.3, -0.25) is 0 Å². The molecule has 1 rings (SSSR count). The highest BCUT2D eigenvalue weighted by Gasteiger charge is 2.23. The Morgan fingerprint density at radius 2 is 2.00 bits per heavy atom. The molecule has 1 aliphatic heterocycles. The average Bonchev–Trinajstić information content (AvgIpc) is 2.38. The van der Waals surface area contributed by atoms with E-state index in [9.17, 15) is 8.42 Å². The molecule has 108 valence electrons. The number of hydrogen-bond acceptors (Lipinski definition) is 4. The highest BCUT2D eigenvalue weighted by Crippen LogP contribution is 2.03. The van der Waals surface area contributed by atoms with Gasteiger partial charge in [0.1, 0.15) is 0 Å². The van der Waals surface area contributed by atoms with Crippen molar-refractivity contribution in [2.24, 2.45) is 0 Å². The smallest absolute Gasteiger partial charge is 0.279 e. The molecule has 0 saturated carbocycles. The van der Waals surface area contributed by atoms with Gasteiger partial charge in [0.15, 0.2) is 0 Å². The van der Waals surface area contributed by atoms with Gasteiger partial charge < -0.3 is 9.64 Å². The summed E-state index contributed by atoms with van der Waals surface area (Å²) in [4.78, 5) is 2.15. The normalized spacial score (nSPS) is 20.2. The predicted molar refractivity (Wildman–Crippen MR) is 71.7 cm³/mol. The molecular weight excluding hydrogens is 254 g/mol. The van der Waals surface area contributed by atoms with Crippen molar-refractivity contribution in [1.82, 2.24) is 13.9 Å². The maximum absolute atomic E-state index is 11.9. The van der Waals surface area contributed by atoms with Crippen LogP contribution in [0.4, 0.5) is 0 Å². The van der Waals surface area contributed by atoms with Crippen LogP contribution in [-0.4, -0.2) is 70.1 Å². The van der Waals surface area contributed by atoms with Gasteiger partial charge in [0, 0.05) is 32.2 Å². The van der Waals surface area contributed by atoms with Crippen molar-refractivity contribution >= 4 is 10.2 Å². The van der Waals surface area contributed by atoms with E-state index in [4.69, 9.17) is 4.74 Å². The van der Waals surface area contributed by atoms with Crippen LogP contribution in [0, 0.1) is 0 Å². The van der Waals surface area contributed by atoms with Gasteiger partial charge in [-0.05, 0) is 20.4 Å². The number of hydrogen-bond donors (Lipinski definition) is 1. The fourth-order valence-electron chi connectivity index (χ4n) is 1.76. The molecule has 0 spiro atoms. The summed E-state index contributed by atoms with van der Waals surface area (Å²) in [5.41, 5.74) is 0. The Morgan fingerprint density at radius 1 is 1.39 bits per heavy atom. The maximum atomic E-state index is 11.9. The molecule has 18 heavy (non-hydrogen) atoms. The van der Waals surface area contributed by atoms with Crippen LogP contribution in [0.2, 0.25) is 0 Å². The van der Waals surface area contributed by atoms with Crippen molar-refractivity contribution in [1.29, 1.82) is 0 Å². The van der Waals surface area contributed by atoms with E-state index in [0.717, 1.165) is 13.0 Å². The number of likely N-dealkylation sites (N-methyl/N-ethyl adjacent to an activating group) is 1. The fourth-order valence-corrected chi connectivity index (χ4v) is 2.92. The summed E-state index contributed by atoms with van der Waals surface area (Å²) in [6.07, 6.45) is 1.06. The van der Waals surface area contributed by atoms with E-state index in [1.54, 1.807) is 0 Å². The van der Waals surface area contributed by atoms with E-state index < -0.39 is 10.2 Å². The Morgan fingerprint density at radius 3 is 2.56 bits per heavy atom. The first-order valence-electron chi connectivity index (χ1n) is 6.50. The summed E-state index contributed by atoms with van der Waals surface area (Å²) < 4.78 is 33.1. The van der Waals surface area contributed by atoms with Gasteiger partial charge in [-0.15, -0.1) is 0 Å². The van der Waals surface area contributed by atoms with Crippen molar-refractivity contribution in [2.45, 2.75) is 26.3 Å². The van der Waals surface area contributed by atoms with Crippen molar-refractivity contribution in [3.05, 3.63) is 0 Å². The minimum atomic E-state index is -3.33. The molecule has 0 aromatic carbocycles. The largest absolute Gasteiger partial charge is 0.379 e. The highest BCUT2D eigenvalue weighted by molar-refractivity contribution is 7.87. The van der Waals surface area contributed by atoms with Crippen LogP contribution in [0.25, 0.3) is 0 Å². The summed E-state index contributed by atoms with van der Waals surface area (Å²) in [6, 6.07) is 0.470. The molecule has 0 aromatic heterocycles. The van der Waals surface area contributed by atoms with E-state index in [0.29, 0.717) is 38.9 Å². The lowest BCUT2D eigenvalue weighted by Crippen LogP contribution is -2.48. The molecule has 0 aliphatic carbocycles. The van der Waals surface area contributed by atoms with E-state index in [2.05, 4.69) is 23.5 Å². The first kappa shape index (κ1) is 15.8. The minimum Gasteiger partial charge on any atom is -0.379 e. The Labute approximate surface area is 110 Å². The van der Waals surface area contributed by atoms with Crippen LogP contribution in [0.3, 0.4) is 0 Å². The minimum absolute atomic E-state index is 0.441. The first-order valence-corrected chi connectivity index (χ1v) is 7.94. The molecule has 0 aromatic rings. The molecule has 1 fully saturated rings. The van der Waals surface area contributed by atoms with E-state index in [1.165, 1.54) is 4.31 Å². The molecule has 0 unspecified atom stereocenters. The Balaban J connectivity index is 2.33. The van der Waals surface area contributed by atoms with Crippen LogP contribution >= 0.6 is 0 Å². The Hall–Kier alpha value is -0.210. The monoisotopic (exact) mass is 279 g/mol. The van der Waals surface area contributed by atoms with E-state index in [-0.39, 0.29) is 0 Å². The summed E-state index contributed by atoms with van der Waals surface area (Å²) >= 11 is 0. The molecule has 7 heteroatoms. The van der Waals surface area contributed by atoms with Gasteiger partial charge in [0.25, 0.3) is 10.2 Å². The molecule has 0 amide bonds. The zero-order valence-electron chi connectivity index (χ0n) is 11.6. The average molecular weight is 279 g/mol. The van der Waals surface area contributed by atoms with Gasteiger partial charge in [-0.1, -0.05) is 6.92 Å². The lowest BCUT2D eigenvalue weighted by Gasteiger charge is -2.27. The molecule has 1 aliphatic rings. The number of nitrogens with one attached hydrogen (secondary N) is 1. The van der Waals surface area contributed by atoms with Gasteiger partial charge in [0.2, 0.25) is 0 Å². The second kappa shape index (κ2) is 7.40. The quantitative estimate of drug-likeness (QED) is 0.706. The molecule has 0 radical (unpaired) electrons. The highest BCUT2D eigenvalue weighted by atomic mass is 32.2. The number of morpholine rings is 1. The van der Waals surface area contributed by atoms with Crippen LogP contribution < -0.4 is 4.72 Å². The molecule has 6 nitrogen and oxygen atoms in total. The molecule has 1 saturated heterocycles. The van der Waals surface area contributed by atoms with Gasteiger partial charge in [0.05, 0.1) is 13.2 Å². The SMILES string of the molecule is CC[C@@H](C)N(C)CCNS(=O)(=O)N1CCOCC1. The molecule has 1 N–H and O–H groups in total. The number of ether oxygens (including phenoxy) is 1. The molecular formula is C11H25N3O3S. The topological polar surface area (TPSA) is 61.9 Å². The van der Waals surface area contributed by atoms with Gasteiger partial charge in [-0.25, -0.2) is 4.72 Å². The number of rotatable bonds is 7. The third-order valence-corrected chi connectivity index (χ3v) is 5.02. The Kier molecular flexibility index (Phi) is 6.51. The third kappa shape index (κ3) is 4.81. The lowest BCUT2D eigenvalue weighted by molar-refractivity contribution is 0.0724. The fraction of sp³-hybridized carbons (Fsp3) is 1.00. The van der Waals surface area contributed by atoms with E-state index >= 15 is 0 Å². The molecule has 1 heterocycles. The first-order chi connectivity index (χ1) is 8.47. The van der Waals surface area contributed by atoms with Crippen LogP contribution in [0.1, 0.15) is 20.3 Å². The summed E-state index contributed by atoms with van der Waals surface area (Å²) in [5.74, 6) is 0. The lowest BCUT2D eigenvalue weighted by atomic mass is 10.2. The summed E-state index contributed by atoms with van der Waals surface area (Å²) in [7, 11) is -1.32. The third-order valence-electron chi connectivity index (χ3n) is 3.40. The van der Waals surface area contributed by atoms with Gasteiger partial charge in [-0.2, -0.15) is 12.7 Å². The summed E-state index contributed by atoms with van der Waals surface area (Å²) in [5, 5.41) is 0. The predicted octanol–water partition coefficient (Wildman–Crippen LogP) is -0.117. The van der Waals surface area contributed by atoms with Crippen molar-refractivity contribution in [3.63, 3.8) is 0 Å². The molecule has 0 bridgehead atoms. The second-order valence-corrected chi connectivity index (χ2v) is 6.40. The zero-order valence-corrected chi connectivity index (χ0v) is 12.4. The van der Waals surface area contributed by atoms with E-state index in [1.807, 2.05) is 7.05 Å². The maximum Gasteiger partial charge on any atom is 0.279 e. The second-order valence-electron chi connectivity index (χ2n) is 4.65. The Bertz CT molecular complexity index is 328. The van der Waals surface area contributed by atoms with Crippen molar-refractivity contribution in [3.8, 4) is 0 Å². The standard InChI is InChI=1S/C11H25N3O3S/c1-4-11(2)13(3)6-5-12-18(15,16)14-7-9-17-10-8-14/h11-12H,4-10H2,1-3H3/t11-/m1/s1. The van der Waals surface area contributed by atoms with Crippen molar-refractivity contribution < 1.29 is 13.2 Å². The van der Waals surface area contributed by atoms with Gasteiger partial charge >= 0.3 is 0 Å². The summed E-state index contributed by atoms with van der Waals surface area (Å²) in [6.45, 7) is 7.27. The molecule has 1 atom stereocenters. The van der Waals surface area contributed by atoms with Crippen molar-refractivity contribution in [2.75, 3.05) is 46.4 Å². The van der Waals surface area contributed by atoms with Crippen LogP contribution in [0.5, 0.6) is 0 Å². The van der Waals surface area contributed by atoms with Crippen LogP contribution in [-0.2, 0) is 14.9 Å².